The largest absolute Gasteiger partial charge is 0.508 e. The zero-order valence-electron chi connectivity index (χ0n) is 23.8. The highest BCUT2D eigenvalue weighted by Crippen LogP contribution is 2.35. The molecule has 1 aliphatic rings. The van der Waals surface area contributed by atoms with Crippen LogP contribution in [-0.4, -0.2) is 51.6 Å². The Labute approximate surface area is 232 Å². The summed E-state index contributed by atoms with van der Waals surface area (Å²) in [5.74, 6) is -0.654. The molecule has 0 saturated heterocycles. The van der Waals surface area contributed by atoms with E-state index in [-0.39, 0.29) is 36.1 Å². The number of amides is 3. The van der Waals surface area contributed by atoms with Crippen molar-refractivity contribution in [2.24, 2.45) is 0 Å². The summed E-state index contributed by atoms with van der Waals surface area (Å²) in [6.07, 6.45) is 3.70. The molecule has 3 atom stereocenters. The van der Waals surface area contributed by atoms with Crippen molar-refractivity contribution in [1.29, 1.82) is 0 Å². The minimum Gasteiger partial charge on any atom is -0.508 e. The van der Waals surface area contributed by atoms with Crippen LogP contribution in [0, 0.1) is 0 Å². The van der Waals surface area contributed by atoms with Crippen LogP contribution in [-0.2, 0) is 20.7 Å². The molecule has 39 heavy (non-hydrogen) atoms. The van der Waals surface area contributed by atoms with Crippen LogP contribution in [0.2, 0.25) is 0 Å². The number of benzene rings is 2. The Hall–Kier alpha value is -3.55. The first-order chi connectivity index (χ1) is 18.5. The highest BCUT2D eigenvalue weighted by molar-refractivity contribution is 5.92. The van der Waals surface area contributed by atoms with E-state index in [1.54, 1.807) is 37.8 Å². The lowest BCUT2D eigenvalue weighted by Crippen LogP contribution is -2.58. The van der Waals surface area contributed by atoms with Crippen LogP contribution < -0.4 is 10.6 Å². The summed E-state index contributed by atoms with van der Waals surface area (Å²) in [5.41, 5.74) is 0.653. The summed E-state index contributed by atoms with van der Waals surface area (Å²) < 4.78 is 5.49. The number of alkyl carbamates (subject to hydrolysis) is 1. The number of ether oxygens (including phenoxy) is 1. The number of nitrogens with one attached hydrogen (secondary N) is 2. The number of aromatic hydroxyl groups is 1. The van der Waals surface area contributed by atoms with Crippen molar-refractivity contribution in [3.8, 4) is 5.75 Å². The van der Waals surface area contributed by atoms with Crippen LogP contribution in [0.15, 0.2) is 54.6 Å². The van der Waals surface area contributed by atoms with Gasteiger partial charge in [-0.2, -0.15) is 0 Å². The van der Waals surface area contributed by atoms with Crippen molar-refractivity contribution in [3.05, 3.63) is 65.7 Å². The Kier molecular flexibility index (Phi) is 10.4. The second kappa shape index (κ2) is 13.5. The molecule has 3 rings (SSSR count). The second-order valence-corrected chi connectivity index (χ2v) is 11.4. The third kappa shape index (κ3) is 8.73. The summed E-state index contributed by atoms with van der Waals surface area (Å²) in [5, 5.41) is 16.1. The van der Waals surface area contributed by atoms with Crippen molar-refractivity contribution >= 4 is 17.9 Å². The van der Waals surface area contributed by atoms with E-state index in [1.165, 1.54) is 12.1 Å². The average Bonchev–Trinajstić information content (AvgIpc) is 2.81. The Morgan fingerprint density at radius 3 is 2.31 bits per heavy atom. The monoisotopic (exact) mass is 537 g/mol. The lowest BCUT2D eigenvalue weighted by atomic mass is 9.87. The number of carbonyl (C=O) groups is 3. The third-order valence-corrected chi connectivity index (χ3v) is 6.82. The average molecular weight is 538 g/mol. The molecule has 0 bridgehead atoms. The first-order valence-electron chi connectivity index (χ1n) is 13.9. The minimum absolute atomic E-state index is 0.0145. The molecule has 3 N–H and O–H groups in total. The molecule has 1 aliphatic carbocycles. The van der Waals surface area contributed by atoms with Gasteiger partial charge in [0.2, 0.25) is 11.8 Å². The molecule has 212 valence electrons. The molecule has 8 heteroatoms. The molecule has 2 aromatic rings. The van der Waals surface area contributed by atoms with E-state index >= 15 is 0 Å². The van der Waals surface area contributed by atoms with Crippen molar-refractivity contribution in [1.82, 2.24) is 15.5 Å². The minimum atomic E-state index is -0.965. The predicted octanol–water partition coefficient (Wildman–Crippen LogP) is 5.26. The molecular formula is C31H43N3O5. The Bertz CT molecular complexity index is 1110. The van der Waals surface area contributed by atoms with Gasteiger partial charge in [-0.15, -0.1) is 0 Å². The maximum absolute atomic E-state index is 14.4. The van der Waals surface area contributed by atoms with Gasteiger partial charge in [-0.1, -0.05) is 55.8 Å². The van der Waals surface area contributed by atoms with Gasteiger partial charge >= 0.3 is 6.09 Å². The van der Waals surface area contributed by atoms with Crippen LogP contribution in [0.25, 0.3) is 0 Å². The first kappa shape index (κ1) is 30.0. The van der Waals surface area contributed by atoms with Gasteiger partial charge in [-0.05, 0) is 76.6 Å². The van der Waals surface area contributed by atoms with Crippen LogP contribution in [0.4, 0.5) is 4.79 Å². The summed E-state index contributed by atoms with van der Waals surface area (Å²) in [6.45, 7) is 9.29. The fourth-order valence-electron chi connectivity index (χ4n) is 4.82. The molecule has 0 spiro atoms. The second-order valence-electron chi connectivity index (χ2n) is 11.4. The molecule has 3 unspecified atom stereocenters. The molecule has 8 nitrogen and oxygen atoms in total. The van der Waals surface area contributed by atoms with E-state index in [0.717, 1.165) is 37.7 Å². The lowest BCUT2D eigenvalue weighted by Gasteiger charge is -2.44. The topological polar surface area (TPSA) is 108 Å². The van der Waals surface area contributed by atoms with Crippen molar-refractivity contribution < 1.29 is 24.2 Å². The van der Waals surface area contributed by atoms with Crippen molar-refractivity contribution in [2.75, 3.05) is 0 Å². The summed E-state index contributed by atoms with van der Waals surface area (Å²) in [4.78, 5) is 42.7. The van der Waals surface area contributed by atoms with Crippen LogP contribution in [0.5, 0.6) is 5.75 Å². The zero-order chi connectivity index (χ0) is 28.6. The van der Waals surface area contributed by atoms with Gasteiger partial charge < -0.3 is 25.4 Å². The maximum Gasteiger partial charge on any atom is 0.408 e. The maximum atomic E-state index is 14.4. The summed E-state index contributed by atoms with van der Waals surface area (Å²) in [7, 11) is 0. The number of rotatable bonds is 11. The third-order valence-electron chi connectivity index (χ3n) is 6.82. The molecule has 0 aliphatic heterocycles. The van der Waals surface area contributed by atoms with Crippen molar-refractivity contribution in [3.63, 3.8) is 0 Å². The van der Waals surface area contributed by atoms with Gasteiger partial charge in [-0.25, -0.2) is 4.79 Å². The van der Waals surface area contributed by atoms with Gasteiger partial charge in [0.1, 0.15) is 23.4 Å². The van der Waals surface area contributed by atoms with Crippen LogP contribution in [0.1, 0.15) is 83.9 Å². The van der Waals surface area contributed by atoms with Crippen molar-refractivity contribution in [2.45, 2.75) is 103 Å². The van der Waals surface area contributed by atoms with E-state index < -0.39 is 23.8 Å². The molecule has 0 aromatic heterocycles. The predicted molar refractivity (Wildman–Crippen MR) is 151 cm³/mol. The summed E-state index contributed by atoms with van der Waals surface area (Å²) in [6, 6.07) is 13.8. The van der Waals surface area contributed by atoms with E-state index in [2.05, 4.69) is 17.6 Å². The van der Waals surface area contributed by atoms with Gasteiger partial charge in [0.05, 0.1) is 0 Å². The molecule has 0 radical (unpaired) electrons. The molecule has 0 heterocycles. The fourth-order valence-corrected chi connectivity index (χ4v) is 4.82. The highest BCUT2D eigenvalue weighted by Gasteiger charge is 2.42. The fraction of sp³-hybridized carbons (Fsp3) is 0.516. The number of hydrogen-bond donors (Lipinski definition) is 3. The molecule has 2 aromatic carbocycles. The molecule has 1 fully saturated rings. The van der Waals surface area contributed by atoms with Gasteiger partial charge in [0.15, 0.2) is 0 Å². The highest BCUT2D eigenvalue weighted by atomic mass is 16.6. The van der Waals surface area contributed by atoms with E-state index in [0.29, 0.717) is 5.56 Å². The summed E-state index contributed by atoms with van der Waals surface area (Å²) >= 11 is 0. The van der Waals surface area contributed by atoms with Gasteiger partial charge in [0, 0.05) is 18.5 Å². The normalized spacial score (nSPS) is 15.8. The molecule has 1 saturated carbocycles. The zero-order valence-corrected chi connectivity index (χ0v) is 23.8. The Morgan fingerprint density at radius 1 is 1.05 bits per heavy atom. The SMILES string of the molecule is CCCC(C)NC(=O)C(c1cccc(O)c1)N(C(=O)C(Cc1ccccc1)NC(=O)OC(C)(C)C)C1CCC1. The smallest absolute Gasteiger partial charge is 0.408 e. The van der Waals surface area contributed by atoms with Crippen LogP contribution in [0.3, 0.4) is 0 Å². The van der Waals surface area contributed by atoms with Gasteiger partial charge in [0.25, 0.3) is 0 Å². The van der Waals surface area contributed by atoms with Gasteiger partial charge in [-0.3, -0.25) is 9.59 Å². The van der Waals surface area contributed by atoms with Crippen LogP contribution >= 0.6 is 0 Å². The number of phenolic OH excluding ortho intramolecular Hbond substituents is 1. The van der Waals surface area contributed by atoms with E-state index in [9.17, 15) is 19.5 Å². The number of carbonyl (C=O) groups excluding carboxylic acids is 3. The number of nitrogens with zero attached hydrogens (tertiary/aromatic N) is 1. The van der Waals surface area contributed by atoms with E-state index in [4.69, 9.17) is 4.74 Å². The molecular weight excluding hydrogens is 494 g/mol. The van der Waals surface area contributed by atoms with E-state index in [1.807, 2.05) is 37.3 Å². The standard InChI is InChI=1S/C31H43N3O5/c1-6-12-21(2)32-28(36)27(23-15-10-18-25(35)20-23)34(24-16-11-17-24)29(37)26(19-22-13-8-7-9-14-22)33-30(38)39-31(3,4)5/h7-10,13-15,18,20-21,24,26-27,35H,6,11-12,16-17,19H2,1-5H3,(H,32,36)(H,33,38). The first-order valence-corrected chi connectivity index (χ1v) is 13.9. The Morgan fingerprint density at radius 2 is 1.74 bits per heavy atom. The number of hydrogen-bond acceptors (Lipinski definition) is 5. The quantitative estimate of drug-likeness (QED) is 0.363. The lowest BCUT2D eigenvalue weighted by molar-refractivity contribution is -0.147. The number of phenols is 1. The molecule has 3 amide bonds. The Balaban J connectivity index is 2.02.